The Kier molecular flexibility index (Phi) is 4.83. The lowest BCUT2D eigenvalue weighted by Gasteiger charge is -2.17. The number of nitro benzene ring substituents is 2. The maximum atomic E-state index is 12.9. The molecule has 9 heteroatoms. The molecule has 0 aliphatic rings. The van der Waals surface area contributed by atoms with Gasteiger partial charge in [0.1, 0.15) is 5.82 Å². The molecule has 0 aromatic heterocycles. The maximum absolute atomic E-state index is 12.9. The number of carbonyl (C=O) groups is 1. The van der Waals surface area contributed by atoms with E-state index in [1.54, 1.807) is 0 Å². The van der Waals surface area contributed by atoms with Gasteiger partial charge in [-0.05, 0) is 17.7 Å². The summed E-state index contributed by atoms with van der Waals surface area (Å²) in [6.07, 6.45) is 0. The fourth-order valence-electron chi connectivity index (χ4n) is 2.09. The Balaban J connectivity index is 2.28. The van der Waals surface area contributed by atoms with E-state index >= 15 is 0 Å². The Morgan fingerprint density at radius 1 is 1.04 bits per heavy atom. The van der Waals surface area contributed by atoms with Crippen molar-refractivity contribution in [1.82, 2.24) is 4.90 Å². The lowest BCUT2D eigenvalue weighted by atomic mass is 10.1. The lowest BCUT2D eigenvalue weighted by molar-refractivity contribution is -0.394. The Morgan fingerprint density at radius 2 is 1.54 bits per heavy atom. The van der Waals surface area contributed by atoms with Crippen LogP contribution >= 0.6 is 0 Å². The summed E-state index contributed by atoms with van der Waals surface area (Å²) in [5.41, 5.74) is -0.599. The van der Waals surface area contributed by atoms with Crippen molar-refractivity contribution in [2.75, 3.05) is 7.05 Å². The number of hydrogen-bond donors (Lipinski definition) is 0. The highest BCUT2D eigenvalue weighted by Crippen LogP contribution is 2.23. The maximum Gasteiger partial charge on any atom is 0.277 e. The van der Waals surface area contributed by atoms with Crippen LogP contribution in [0.3, 0.4) is 0 Å². The molecular weight excluding hydrogens is 321 g/mol. The molecule has 0 heterocycles. The molecule has 0 radical (unpaired) electrons. The molecule has 1 amide bonds. The number of rotatable bonds is 5. The number of halogens is 1. The summed E-state index contributed by atoms with van der Waals surface area (Å²) in [7, 11) is 1.44. The fraction of sp³-hybridized carbons (Fsp3) is 0.133. The summed E-state index contributed by atoms with van der Waals surface area (Å²) in [5, 5.41) is 21.7. The number of nitrogens with zero attached hydrogens (tertiary/aromatic N) is 3. The predicted molar refractivity (Wildman–Crippen MR) is 81.9 cm³/mol. The van der Waals surface area contributed by atoms with E-state index < -0.39 is 32.9 Å². The van der Waals surface area contributed by atoms with E-state index in [0.29, 0.717) is 5.56 Å². The topological polar surface area (TPSA) is 107 Å². The summed E-state index contributed by atoms with van der Waals surface area (Å²) in [6.45, 7) is 0.121. The molecule has 0 saturated carbocycles. The average Bonchev–Trinajstić information content (AvgIpc) is 2.55. The van der Waals surface area contributed by atoms with Gasteiger partial charge in [0.25, 0.3) is 17.3 Å². The number of amides is 1. The van der Waals surface area contributed by atoms with Crippen LogP contribution in [0.5, 0.6) is 0 Å². The second-order valence-electron chi connectivity index (χ2n) is 5.04. The molecule has 24 heavy (non-hydrogen) atoms. The smallest absolute Gasteiger partial charge is 0.277 e. The van der Waals surface area contributed by atoms with Crippen molar-refractivity contribution in [3.05, 3.63) is 79.6 Å². The minimum absolute atomic E-state index is 0.121. The van der Waals surface area contributed by atoms with E-state index in [1.165, 1.54) is 36.2 Å². The molecule has 0 fully saturated rings. The van der Waals surface area contributed by atoms with Crippen LogP contribution in [0.4, 0.5) is 15.8 Å². The number of carbonyl (C=O) groups excluding carboxylic acids is 1. The van der Waals surface area contributed by atoms with Gasteiger partial charge in [-0.15, -0.1) is 0 Å². The molecule has 0 aliphatic carbocycles. The van der Waals surface area contributed by atoms with E-state index in [-0.39, 0.29) is 12.1 Å². The minimum atomic E-state index is -0.802. The van der Waals surface area contributed by atoms with Crippen molar-refractivity contribution in [1.29, 1.82) is 0 Å². The molecule has 124 valence electrons. The molecule has 0 N–H and O–H groups in total. The van der Waals surface area contributed by atoms with Gasteiger partial charge in [0.05, 0.1) is 21.5 Å². The van der Waals surface area contributed by atoms with Crippen LogP contribution < -0.4 is 0 Å². The third-order valence-electron chi connectivity index (χ3n) is 3.25. The van der Waals surface area contributed by atoms with Gasteiger partial charge in [-0.1, -0.05) is 12.1 Å². The van der Waals surface area contributed by atoms with E-state index in [2.05, 4.69) is 0 Å². The van der Waals surface area contributed by atoms with Gasteiger partial charge in [-0.3, -0.25) is 25.0 Å². The largest absolute Gasteiger partial charge is 0.337 e. The first-order chi connectivity index (χ1) is 11.3. The summed E-state index contributed by atoms with van der Waals surface area (Å²) >= 11 is 0. The van der Waals surface area contributed by atoms with E-state index in [0.717, 1.165) is 18.2 Å². The third-order valence-corrected chi connectivity index (χ3v) is 3.25. The normalized spacial score (nSPS) is 10.2. The molecule has 0 atom stereocenters. The van der Waals surface area contributed by atoms with Gasteiger partial charge in [-0.25, -0.2) is 4.39 Å². The summed E-state index contributed by atoms with van der Waals surface area (Å²) in [6, 6.07) is 8.23. The van der Waals surface area contributed by atoms with E-state index in [4.69, 9.17) is 0 Å². The minimum Gasteiger partial charge on any atom is -0.337 e. The molecule has 0 bridgehead atoms. The Hall–Kier alpha value is -3.36. The van der Waals surface area contributed by atoms with Crippen LogP contribution in [0, 0.1) is 26.0 Å². The van der Waals surface area contributed by atoms with Gasteiger partial charge in [-0.2, -0.15) is 0 Å². The quantitative estimate of drug-likeness (QED) is 0.617. The van der Waals surface area contributed by atoms with Gasteiger partial charge >= 0.3 is 0 Å². The van der Waals surface area contributed by atoms with Crippen molar-refractivity contribution in [2.45, 2.75) is 6.54 Å². The van der Waals surface area contributed by atoms with Crippen LogP contribution in [0.15, 0.2) is 42.5 Å². The second-order valence-corrected chi connectivity index (χ2v) is 5.04. The van der Waals surface area contributed by atoms with Crippen LogP contribution in [-0.4, -0.2) is 27.7 Å². The first-order valence-electron chi connectivity index (χ1n) is 6.71. The van der Waals surface area contributed by atoms with Crippen LogP contribution in [0.2, 0.25) is 0 Å². The molecule has 2 rings (SSSR count). The molecule has 2 aromatic rings. The van der Waals surface area contributed by atoms with Crippen molar-refractivity contribution in [3.63, 3.8) is 0 Å². The first kappa shape index (κ1) is 17.0. The Morgan fingerprint density at radius 3 is 2.00 bits per heavy atom. The molecule has 0 aliphatic heterocycles. The van der Waals surface area contributed by atoms with Crippen molar-refractivity contribution < 1.29 is 19.0 Å². The van der Waals surface area contributed by atoms with Gasteiger partial charge < -0.3 is 4.90 Å². The zero-order valence-electron chi connectivity index (χ0n) is 12.5. The van der Waals surface area contributed by atoms with Crippen LogP contribution in [0.25, 0.3) is 0 Å². The van der Waals surface area contributed by atoms with E-state index in [1.807, 2.05) is 0 Å². The molecule has 0 spiro atoms. The average molecular weight is 333 g/mol. The standard InChI is InChI=1S/C15H12FN3O5/c1-17(9-10-2-4-12(16)5-3-10)15(20)11-6-13(18(21)22)8-14(7-11)19(23)24/h2-8H,9H2,1H3. The molecule has 0 saturated heterocycles. The van der Waals surface area contributed by atoms with Crippen LogP contribution in [-0.2, 0) is 6.54 Å². The number of nitro groups is 2. The Bertz CT molecular complexity index is 775. The SMILES string of the molecule is CN(Cc1ccc(F)cc1)C(=O)c1cc([N+](=O)[O-])cc([N+](=O)[O-])c1. The first-order valence-corrected chi connectivity index (χ1v) is 6.71. The number of hydrogen-bond acceptors (Lipinski definition) is 5. The van der Waals surface area contributed by atoms with Crippen molar-refractivity contribution >= 4 is 17.3 Å². The molecule has 2 aromatic carbocycles. The van der Waals surface area contributed by atoms with Gasteiger partial charge in [0.15, 0.2) is 0 Å². The fourth-order valence-corrected chi connectivity index (χ4v) is 2.09. The number of non-ortho nitro benzene ring substituents is 2. The van der Waals surface area contributed by atoms with E-state index in [9.17, 15) is 29.4 Å². The van der Waals surface area contributed by atoms with Gasteiger partial charge in [0.2, 0.25) is 0 Å². The zero-order chi connectivity index (χ0) is 17.9. The summed E-state index contributed by atoms with van der Waals surface area (Å²) in [4.78, 5) is 33.7. The summed E-state index contributed by atoms with van der Waals surface area (Å²) < 4.78 is 12.9. The van der Waals surface area contributed by atoms with Crippen molar-refractivity contribution in [2.24, 2.45) is 0 Å². The second kappa shape index (κ2) is 6.82. The molecular formula is C15H12FN3O5. The third kappa shape index (κ3) is 3.88. The molecule has 8 nitrogen and oxygen atoms in total. The van der Waals surface area contributed by atoms with Crippen LogP contribution in [0.1, 0.15) is 15.9 Å². The lowest BCUT2D eigenvalue weighted by Crippen LogP contribution is -2.26. The highest BCUT2D eigenvalue weighted by molar-refractivity contribution is 5.95. The molecule has 0 unspecified atom stereocenters. The monoisotopic (exact) mass is 333 g/mol. The zero-order valence-corrected chi connectivity index (χ0v) is 12.5. The highest BCUT2D eigenvalue weighted by Gasteiger charge is 2.21. The Labute approximate surface area is 135 Å². The predicted octanol–water partition coefficient (Wildman–Crippen LogP) is 2.91. The summed E-state index contributed by atoms with van der Waals surface area (Å²) in [5.74, 6) is -1.03. The highest BCUT2D eigenvalue weighted by atomic mass is 19.1. The number of benzene rings is 2. The van der Waals surface area contributed by atoms with Gasteiger partial charge in [0, 0.05) is 25.7 Å². The van der Waals surface area contributed by atoms with Crippen molar-refractivity contribution in [3.8, 4) is 0 Å².